The zero-order chi connectivity index (χ0) is 27.8. The van der Waals surface area contributed by atoms with Crippen molar-refractivity contribution in [2.75, 3.05) is 43.6 Å². The van der Waals surface area contributed by atoms with Crippen molar-refractivity contribution in [1.82, 2.24) is 14.5 Å². The van der Waals surface area contributed by atoms with Crippen LogP contribution in [0.5, 0.6) is 11.5 Å². The minimum atomic E-state index is -0.441. The molecule has 0 bridgehead atoms. The van der Waals surface area contributed by atoms with Crippen LogP contribution < -0.4 is 31.0 Å². The van der Waals surface area contributed by atoms with Crippen LogP contribution in [0, 0.1) is 0 Å². The second-order valence-corrected chi connectivity index (χ2v) is 10.3. The van der Waals surface area contributed by atoms with E-state index in [2.05, 4.69) is 15.2 Å². The summed E-state index contributed by atoms with van der Waals surface area (Å²) >= 11 is 0. The summed E-state index contributed by atoms with van der Waals surface area (Å²) in [4.78, 5) is 45.8. The summed E-state index contributed by atoms with van der Waals surface area (Å²) < 4.78 is 18.6. The Labute approximate surface area is 254 Å². The number of carbonyl (C=O) groups is 2. The Hall–Kier alpha value is -3.58. The lowest BCUT2D eigenvalue weighted by Crippen LogP contribution is -2.48. The van der Waals surface area contributed by atoms with Crippen LogP contribution in [0.3, 0.4) is 0 Å². The smallest absolute Gasteiger partial charge is 0.416 e. The Morgan fingerprint density at radius 1 is 1.12 bits per heavy atom. The quantitative estimate of drug-likeness (QED) is 0.389. The van der Waals surface area contributed by atoms with Crippen LogP contribution in [0.25, 0.3) is 10.9 Å². The molecule has 1 aliphatic carbocycles. The molecule has 2 amide bonds. The number of nitrogens with zero attached hydrogens (tertiary/aromatic N) is 4. The molecule has 1 saturated carbocycles. The minimum Gasteiger partial charge on any atom is -0.492 e. The molecule has 6 rings (SSSR count). The van der Waals surface area contributed by atoms with Gasteiger partial charge in [-0.15, -0.1) is 24.8 Å². The van der Waals surface area contributed by atoms with Crippen molar-refractivity contribution < 1.29 is 23.8 Å². The number of hydrogen-bond donors (Lipinski definition) is 2. The molecule has 12 nitrogen and oxygen atoms in total. The maximum absolute atomic E-state index is 12.9. The number of rotatable bonds is 8. The normalized spacial score (nSPS) is 20.9. The number of aromatic nitrogens is 2. The zero-order valence-electron chi connectivity index (χ0n) is 23.1. The van der Waals surface area contributed by atoms with E-state index < -0.39 is 6.09 Å². The van der Waals surface area contributed by atoms with Gasteiger partial charge in [0.1, 0.15) is 24.3 Å². The number of nitrogens with one attached hydrogen (secondary N) is 1. The van der Waals surface area contributed by atoms with E-state index in [1.165, 1.54) is 0 Å². The fourth-order valence-corrected chi connectivity index (χ4v) is 5.79. The number of amides is 2. The first kappa shape index (κ1) is 31.4. The van der Waals surface area contributed by atoms with Crippen molar-refractivity contribution in [2.24, 2.45) is 5.73 Å². The third kappa shape index (κ3) is 6.12. The number of ether oxygens (including phenoxy) is 3. The molecule has 2 aromatic heterocycles. The number of carbonyl (C=O) groups excluding carboxylic acids is 2. The van der Waals surface area contributed by atoms with Gasteiger partial charge in [0.25, 0.3) is 11.5 Å². The first-order valence-electron chi connectivity index (χ1n) is 13.5. The Balaban J connectivity index is 0.00000202. The van der Waals surface area contributed by atoms with E-state index in [4.69, 9.17) is 19.9 Å². The summed E-state index contributed by atoms with van der Waals surface area (Å²) in [6.07, 6.45) is 1.61. The lowest BCUT2D eigenvalue weighted by Gasteiger charge is -2.37. The van der Waals surface area contributed by atoms with Crippen LogP contribution in [0.2, 0.25) is 0 Å². The van der Waals surface area contributed by atoms with Crippen molar-refractivity contribution in [3.05, 3.63) is 52.8 Å². The number of likely N-dealkylation sites (N-methyl/N-ethyl adjacent to an activating group) is 1. The van der Waals surface area contributed by atoms with Gasteiger partial charge in [-0.05, 0) is 62.0 Å². The van der Waals surface area contributed by atoms with E-state index in [-0.39, 0.29) is 61.1 Å². The predicted molar refractivity (Wildman–Crippen MR) is 162 cm³/mol. The van der Waals surface area contributed by atoms with Crippen molar-refractivity contribution in [1.29, 1.82) is 0 Å². The Bertz CT molecular complexity index is 1520. The molecule has 14 heteroatoms. The average molecular weight is 622 g/mol. The van der Waals surface area contributed by atoms with Gasteiger partial charge in [-0.25, -0.2) is 9.78 Å². The second kappa shape index (κ2) is 13.2. The Morgan fingerprint density at radius 3 is 2.74 bits per heavy atom. The van der Waals surface area contributed by atoms with Crippen molar-refractivity contribution in [3.63, 3.8) is 0 Å². The van der Waals surface area contributed by atoms with Crippen molar-refractivity contribution in [2.45, 2.75) is 44.0 Å². The average Bonchev–Trinajstić information content (AvgIpc) is 3.29. The van der Waals surface area contributed by atoms with Gasteiger partial charge >= 0.3 is 6.09 Å². The Morgan fingerprint density at radius 2 is 1.93 bits per heavy atom. The molecule has 4 heterocycles. The number of anilines is 2. The molecule has 2 aliphatic heterocycles. The van der Waals surface area contributed by atoms with Gasteiger partial charge in [-0.1, -0.05) is 0 Å². The lowest BCUT2D eigenvalue weighted by molar-refractivity contribution is -0.118. The maximum atomic E-state index is 12.9. The highest BCUT2D eigenvalue weighted by atomic mass is 35.5. The molecule has 1 unspecified atom stereocenters. The molecule has 1 aromatic carbocycles. The molecule has 2 fully saturated rings. The highest BCUT2D eigenvalue weighted by molar-refractivity contribution is 5.95. The van der Waals surface area contributed by atoms with Gasteiger partial charge in [0.05, 0.1) is 11.6 Å². The van der Waals surface area contributed by atoms with E-state index in [0.29, 0.717) is 55.8 Å². The summed E-state index contributed by atoms with van der Waals surface area (Å²) in [5, 5.41) is 3.65. The number of benzene rings is 1. The summed E-state index contributed by atoms with van der Waals surface area (Å²) in [7, 11) is 2.04. The van der Waals surface area contributed by atoms with Crippen molar-refractivity contribution >= 4 is 59.4 Å². The van der Waals surface area contributed by atoms with Crippen LogP contribution in [0.15, 0.2) is 47.3 Å². The molecule has 0 radical (unpaired) electrons. The molecule has 3 N–H and O–H groups in total. The maximum Gasteiger partial charge on any atom is 0.416 e. The summed E-state index contributed by atoms with van der Waals surface area (Å²) in [6, 6.07) is 12.5. The second-order valence-electron chi connectivity index (χ2n) is 10.3. The molecule has 226 valence electrons. The Kier molecular flexibility index (Phi) is 9.82. The fourth-order valence-electron chi connectivity index (χ4n) is 5.79. The number of pyridine rings is 2. The molecular formula is C28H34Cl2N6O6. The topological polar surface area (TPSA) is 141 Å². The van der Waals surface area contributed by atoms with Crippen LogP contribution in [0.4, 0.5) is 16.4 Å². The van der Waals surface area contributed by atoms with E-state index >= 15 is 0 Å². The SMILES string of the molecule is CN(CCn1c(=O)ccc2ccc(OCCN)cc21)C1CC[C@H]2OC(=O)N(c3ccc4c(n3)NC(=O)CO4)[C@@H]2C1.Cl.Cl. The number of nitrogens with two attached hydrogens (primary N) is 1. The zero-order valence-corrected chi connectivity index (χ0v) is 24.7. The number of hydrogen-bond acceptors (Lipinski definition) is 9. The van der Waals surface area contributed by atoms with E-state index in [1.54, 1.807) is 27.7 Å². The van der Waals surface area contributed by atoms with Gasteiger partial charge in [0.2, 0.25) is 0 Å². The van der Waals surface area contributed by atoms with E-state index in [0.717, 1.165) is 23.7 Å². The van der Waals surface area contributed by atoms with Crippen LogP contribution >= 0.6 is 24.8 Å². The molecule has 42 heavy (non-hydrogen) atoms. The third-order valence-electron chi connectivity index (χ3n) is 7.87. The first-order valence-corrected chi connectivity index (χ1v) is 13.5. The van der Waals surface area contributed by atoms with Crippen molar-refractivity contribution in [3.8, 4) is 11.5 Å². The summed E-state index contributed by atoms with van der Waals surface area (Å²) in [5.41, 5.74) is 6.31. The van der Waals surface area contributed by atoms with Gasteiger partial charge < -0.3 is 34.7 Å². The van der Waals surface area contributed by atoms with Crippen LogP contribution in [-0.2, 0) is 16.1 Å². The largest absolute Gasteiger partial charge is 0.492 e. The molecule has 3 aromatic rings. The van der Waals surface area contributed by atoms with Gasteiger partial charge in [-0.3, -0.25) is 14.5 Å². The minimum absolute atomic E-state index is 0. The van der Waals surface area contributed by atoms with Gasteiger partial charge in [0.15, 0.2) is 18.2 Å². The molecule has 0 spiro atoms. The highest BCUT2D eigenvalue weighted by Gasteiger charge is 2.47. The monoisotopic (exact) mass is 620 g/mol. The van der Waals surface area contributed by atoms with Gasteiger partial charge in [0, 0.05) is 37.8 Å². The molecular weight excluding hydrogens is 587 g/mol. The van der Waals surface area contributed by atoms with E-state index in [1.807, 2.05) is 31.3 Å². The molecule has 3 aliphatic rings. The summed E-state index contributed by atoms with van der Waals surface area (Å²) in [6.45, 7) is 1.90. The number of halogens is 2. The molecule has 3 atom stereocenters. The number of fused-ring (bicyclic) bond motifs is 3. The standard InChI is InChI=1S/C28H32N6O6.2ClH/c1-32(11-12-33-20-15-19(38-13-10-29)5-2-17(20)3-9-26(33)36)18-4-6-22-21(14-18)34(28(37)40-22)24-8-7-23-27(30-24)31-25(35)16-39-23;;/h2-3,5,7-9,15,18,21-22H,4,6,10-14,16,29H2,1H3,(H,30,31,35);2*1H/t18?,21-,22-;;/m1../s1. The summed E-state index contributed by atoms with van der Waals surface area (Å²) in [5.74, 6) is 1.57. The van der Waals surface area contributed by atoms with Crippen LogP contribution in [0.1, 0.15) is 19.3 Å². The predicted octanol–water partition coefficient (Wildman–Crippen LogP) is 2.79. The third-order valence-corrected chi connectivity index (χ3v) is 7.87. The van der Waals surface area contributed by atoms with Crippen LogP contribution in [-0.4, -0.2) is 78.0 Å². The highest BCUT2D eigenvalue weighted by Crippen LogP contribution is 2.38. The lowest BCUT2D eigenvalue weighted by atomic mass is 9.87. The van der Waals surface area contributed by atoms with Gasteiger partial charge in [-0.2, -0.15) is 0 Å². The fraction of sp³-hybridized carbons (Fsp3) is 0.429. The first-order chi connectivity index (χ1) is 19.4. The molecule has 1 saturated heterocycles. The van der Waals surface area contributed by atoms with E-state index in [9.17, 15) is 14.4 Å².